The van der Waals surface area contributed by atoms with E-state index in [1.165, 1.54) is 7.11 Å². The lowest BCUT2D eigenvalue weighted by atomic mass is 10.0. The molecule has 1 unspecified atom stereocenters. The summed E-state index contributed by atoms with van der Waals surface area (Å²) in [6.07, 6.45) is 0. The van der Waals surface area contributed by atoms with Crippen LogP contribution in [0.1, 0.15) is 11.6 Å². The first-order chi connectivity index (χ1) is 9.56. The monoisotopic (exact) mass is 341 g/mol. The molecule has 0 fully saturated rings. The number of allylic oxidation sites excluding steroid dienone is 1. The molecule has 1 aliphatic heterocycles. The van der Waals surface area contributed by atoms with Gasteiger partial charge in [-0.2, -0.15) is 0 Å². The van der Waals surface area contributed by atoms with E-state index in [-0.39, 0.29) is 16.7 Å². The number of hydrogen-bond donors (Lipinski definition) is 2. The minimum atomic E-state index is -0.794. The standard InChI is InChI=1S/C12H12BrN3O4/c1-20-8-4-2-7(3-5-8)10-11(16(18)19)9(6-13)14-12(17)15-10/h2-5,10H,6H2,1H3,(H2,14,15,17). The largest absolute Gasteiger partial charge is 0.497 e. The molecule has 0 radical (unpaired) electrons. The van der Waals surface area contributed by atoms with Gasteiger partial charge < -0.3 is 15.4 Å². The second-order valence-corrected chi connectivity index (χ2v) is 4.62. The molecule has 0 spiro atoms. The lowest BCUT2D eigenvalue weighted by molar-refractivity contribution is -0.432. The lowest BCUT2D eigenvalue weighted by Gasteiger charge is -2.24. The highest BCUT2D eigenvalue weighted by molar-refractivity contribution is 9.09. The Labute approximate surface area is 123 Å². The number of hydrogen-bond acceptors (Lipinski definition) is 4. The molecule has 0 bridgehead atoms. The van der Waals surface area contributed by atoms with Crippen LogP contribution >= 0.6 is 15.9 Å². The number of urea groups is 1. The molecule has 0 saturated heterocycles. The number of nitrogens with zero attached hydrogens (tertiary/aromatic N) is 1. The average Bonchev–Trinajstić information content (AvgIpc) is 2.46. The molecule has 0 aliphatic carbocycles. The van der Waals surface area contributed by atoms with E-state index in [1.807, 2.05) is 0 Å². The Morgan fingerprint density at radius 3 is 2.55 bits per heavy atom. The maximum Gasteiger partial charge on any atom is 0.320 e. The van der Waals surface area contributed by atoms with Crippen molar-refractivity contribution >= 4 is 22.0 Å². The van der Waals surface area contributed by atoms with Crippen LogP contribution in [-0.2, 0) is 0 Å². The minimum Gasteiger partial charge on any atom is -0.497 e. The van der Waals surface area contributed by atoms with E-state index in [1.54, 1.807) is 24.3 Å². The number of carbonyl (C=O) groups is 1. The van der Waals surface area contributed by atoms with Gasteiger partial charge in [0.05, 0.1) is 17.4 Å². The highest BCUT2D eigenvalue weighted by Gasteiger charge is 2.36. The van der Waals surface area contributed by atoms with Crippen molar-refractivity contribution in [3.63, 3.8) is 0 Å². The van der Waals surface area contributed by atoms with Gasteiger partial charge in [-0.3, -0.25) is 10.1 Å². The summed E-state index contributed by atoms with van der Waals surface area (Å²) >= 11 is 3.15. The Balaban J connectivity index is 2.45. The first-order valence-electron chi connectivity index (χ1n) is 5.71. The van der Waals surface area contributed by atoms with Crippen molar-refractivity contribution in [2.24, 2.45) is 0 Å². The number of rotatable bonds is 4. The lowest BCUT2D eigenvalue weighted by Crippen LogP contribution is -2.46. The first kappa shape index (κ1) is 14.3. The number of nitrogens with one attached hydrogen (secondary N) is 2. The summed E-state index contributed by atoms with van der Waals surface area (Å²) in [5.41, 5.74) is 0.789. The van der Waals surface area contributed by atoms with Gasteiger partial charge in [-0.25, -0.2) is 4.79 Å². The maximum atomic E-state index is 11.6. The van der Waals surface area contributed by atoms with Gasteiger partial charge in [0, 0.05) is 0 Å². The number of benzene rings is 1. The highest BCUT2D eigenvalue weighted by Crippen LogP contribution is 2.28. The third-order valence-electron chi connectivity index (χ3n) is 2.90. The van der Waals surface area contributed by atoms with Crippen molar-refractivity contribution in [1.82, 2.24) is 10.6 Å². The summed E-state index contributed by atoms with van der Waals surface area (Å²) in [5, 5.41) is 16.4. The smallest absolute Gasteiger partial charge is 0.320 e. The molecule has 20 heavy (non-hydrogen) atoms. The molecule has 2 N–H and O–H groups in total. The minimum absolute atomic E-state index is 0.0772. The third kappa shape index (κ3) is 2.74. The van der Waals surface area contributed by atoms with Crippen molar-refractivity contribution < 1.29 is 14.5 Å². The van der Waals surface area contributed by atoms with Gasteiger partial charge in [-0.15, -0.1) is 0 Å². The Bertz CT molecular complexity index is 571. The van der Waals surface area contributed by atoms with Crippen molar-refractivity contribution in [2.75, 3.05) is 12.4 Å². The number of methoxy groups -OCH3 is 1. The van der Waals surface area contributed by atoms with Crippen molar-refractivity contribution in [3.05, 3.63) is 51.3 Å². The molecule has 0 aromatic heterocycles. The Morgan fingerprint density at radius 2 is 2.05 bits per heavy atom. The topological polar surface area (TPSA) is 93.5 Å². The van der Waals surface area contributed by atoms with Crippen LogP contribution in [0.15, 0.2) is 35.7 Å². The first-order valence-corrected chi connectivity index (χ1v) is 6.83. The summed E-state index contributed by atoms with van der Waals surface area (Å²) in [4.78, 5) is 22.3. The fourth-order valence-electron chi connectivity index (χ4n) is 1.97. The fourth-order valence-corrected chi connectivity index (χ4v) is 2.39. The molecule has 2 rings (SSSR count). The van der Waals surface area contributed by atoms with Crippen LogP contribution in [0, 0.1) is 10.1 Å². The molecule has 7 nitrogen and oxygen atoms in total. The quantitative estimate of drug-likeness (QED) is 0.497. The fraction of sp³-hybridized carbons (Fsp3) is 0.250. The Kier molecular flexibility index (Phi) is 4.23. The number of alkyl halides is 1. The van der Waals surface area contributed by atoms with Crippen LogP contribution in [0.2, 0.25) is 0 Å². The summed E-state index contributed by atoms with van der Waals surface area (Å²) in [6.45, 7) is 0. The number of ether oxygens (including phenoxy) is 1. The second kappa shape index (κ2) is 5.91. The molecular formula is C12H12BrN3O4. The van der Waals surface area contributed by atoms with E-state index >= 15 is 0 Å². The van der Waals surface area contributed by atoms with Crippen molar-refractivity contribution in [3.8, 4) is 5.75 Å². The van der Waals surface area contributed by atoms with Crippen LogP contribution in [-0.4, -0.2) is 23.4 Å². The van der Waals surface area contributed by atoms with E-state index in [9.17, 15) is 14.9 Å². The molecule has 1 aliphatic rings. The molecule has 1 aromatic rings. The summed E-state index contributed by atoms with van der Waals surface area (Å²) in [7, 11) is 1.53. The maximum absolute atomic E-state index is 11.6. The molecule has 1 heterocycles. The summed E-state index contributed by atoms with van der Waals surface area (Å²) in [6, 6.07) is 5.49. The Hall–Kier alpha value is -2.09. The van der Waals surface area contributed by atoms with Gasteiger partial charge in [-0.05, 0) is 17.7 Å². The second-order valence-electron chi connectivity index (χ2n) is 4.06. The molecule has 2 amide bonds. The van der Waals surface area contributed by atoms with E-state index < -0.39 is 17.0 Å². The van der Waals surface area contributed by atoms with Crippen LogP contribution in [0.5, 0.6) is 5.75 Å². The molecule has 1 aromatic carbocycles. The van der Waals surface area contributed by atoms with Crippen molar-refractivity contribution in [1.29, 1.82) is 0 Å². The van der Waals surface area contributed by atoms with Gasteiger partial charge in [0.25, 0.3) is 5.70 Å². The molecule has 1 atom stereocenters. The van der Waals surface area contributed by atoms with E-state index in [0.29, 0.717) is 11.3 Å². The zero-order chi connectivity index (χ0) is 14.7. The summed E-state index contributed by atoms with van der Waals surface area (Å²) in [5.74, 6) is 0.640. The zero-order valence-corrected chi connectivity index (χ0v) is 12.1. The van der Waals surface area contributed by atoms with Gasteiger partial charge >= 0.3 is 6.03 Å². The van der Waals surface area contributed by atoms with Gasteiger partial charge in [0.15, 0.2) is 0 Å². The third-order valence-corrected chi connectivity index (χ3v) is 3.46. The normalized spacial score (nSPS) is 18.3. The summed E-state index contributed by atoms with van der Waals surface area (Å²) < 4.78 is 5.04. The number of amides is 2. The SMILES string of the molecule is COc1ccc(C2NC(=O)NC(CBr)=C2[N+](=O)[O-])cc1. The van der Waals surface area contributed by atoms with Crippen LogP contribution in [0.3, 0.4) is 0 Å². The van der Waals surface area contributed by atoms with E-state index in [4.69, 9.17) is 4.74 Å². The van der Waals surface area contributed by atoms with Crippen LogP contribution < -0.4 is 15.4 Å². The highest BCUT2D eigenvalue weighted by atomic mass is 79.9. The molecule has 0 saturated carbocycles. The van der Waals surface area contributed by atoms with E-state index in [0.717, 1.165) is 0 Å². The van der Waals surface area contributed by atoms with Crippen LogP contribution in [0.4, 0.5) is 4.79 Å². The zero-order valence-electron chi connectivity index (χ0n) is 10.6. The Morgan fingerprint density at radius 1 is 1.40 bits per heavy atom. The van der Waals surface area contributed by atoms with E-state index in [2.05, 4.69) is 26.6 Å². The molecule has 8 heteroatoms. The molecular weight excluding hydrogens is 330 g/mol. The average molecular weight is 342 g/mol. The molecule has 106 valence electrons. The number of nitro groups is 1. The van der Waals surface area contributed by atoms with Crippen molar-refractivity contribution in [2.45, 2.75) is 6.04 Å². The number of halogens is 1. The van der Waals surface area contributed by atoms with Gasteiger partial charge in [0.2, 0.25) is 0 Å². The predicted octanol–water partition coefficient (Wildman–Crippen LogP) is 1.93. The number of carbonyl (C=O) groups excluding carboxylic acids is 1. The predicted molar refractivity (Wildman–Crippen MR) is 75.2 cm³/mol. The van der Waals surface area contributed by atoms with Gasteiger partial charge in [-0.1, -0.05) is 28.1 Å². The van der Waals surface area contributed by atoms with Crippen LogP contribution in [0.25, 0.3) is 0 Å². The van der Waals surface area contributed by atoms with Gasteiger partial charge in [0.1, 0.15) is 17.5 Å².